The van der Waals surface area contributed by atoms with E-state index < -0.39 is 11.7 Å². The van der Waals surface area contributed by atoms with E-state index in [0.29, 0.717) is 87.3 Å². The Balaban J connectivity index is 0.000000387. The predicted molar refractivity (Wildman–Crippen MR) is 422 cm³/mol. The van der Waals surface area contributed by atoms with Crippen LogP contribution < -0.4 is 85.8 Å². The highest BCUT2D eigenvalue weighted by molar-refractivity contribution is 6.33. The van der Waals surface area contributed by atoms with Crippen LogP contribution in [0.15, 0.2) is 231 Å². The molecular formula is C75H82Cl7F3N10O6. The van der Waals surface area contributed by atoms with Gasteiger partial charge in [-0.15, -0.1) is 0 Å². The predicted octanol–water partition coefficient (Wildman–Crippen LogP) is 21.0. The lowest BCUT2D eigenvalue weighted by molar-refractivity contribution is -0.137. The van der Waals surface area contributed by atoms with Crippen LogP contribution in [-0.4, -0.2) is 35.5 Å². The van der Waals surface area contributed by atoms with Gasteiger partial charge >= 0.3 is 6.18 Å². The van der Waals surface area contributed by atoms with E-state index >= 15 is 0 Å². The first kappa shape index (κ1) is 87.1. The quantitative estimate of drug-likeness (QED) is 0.0663. The number of halogens is 10. The number of benzene rings is 11. The lowest BCUT2D eigenvalue weighted by atomic mass is 10.2. The Bertz CT molecular complexity index is 4120. The van der Waals surface area contributed by atoms with Crippen LogP contribution in [0.2, 0.25) is 35.2 Å². The van der Waals surface area contributed by atoms with E-state index in [9.17, 15) is 13.2 Å². The maximum Gasteiger partial charge on any atom is 0.416 e. The Kier molecular flexibility index (Phi) is 40.0. The lowest BCUT2D eigenvalue weighted by Crippen LogP contribution is -2.05. The third kappa shape index (κ3) is 34.1. The monoisotopic (exact) mass is 1520 g/mol. The van der Waals surface area contributed by atoms with Crippen molar-refractivity contribution in [2.24, 2.45) is 0 Å². The van der Waals surface area contributed by atoms with Crippen molar-refractivity contribution in [2.75, 3.05) is 92.9 Å². The summed E-state index contributed by atoms with van der Waals surface area (Å²) in [6.45, 7) is 5.85. The summed E-state index contributed by atoms with van der Waals surface area (Å²) in [5.41, 5.74) is 63.5. The van der Waals surface area contributed by atoms with Gasteiger partial charge in [-0.2, -0.15) is 13.2 Å². The van der Waals surface area contributed by atoms with E-state index in [1.165, 1.54) is 20.3 Å². The molecule has 26 heteroatoms. The van der Waals surface area contributed by atoms with Gasteiger partial charge in [0.2, 0.25) is 0 Å². The minimum absolute atomic E-state index is 0.0789. The molecule has 0 spiro atoms. The first-order valence-electron chi connectivity index (χ1n) is 29.6. The summed E-state index contributed by atoms with van der Waals surface area (Å²) in [4.78, 5) is 0. The van der Waals surface area contributed by atoms with Gasteiger partial charge in [-0.25, -0.2) is 0 Å². The molecule has 0 heterocycles. The zero-order valence-corrected chi connectivity index (χ0v) is 61.7. The van der Waals surface area contributed by atoms with Gasteiger partial charge in [0.05, 0.1) is 85.3 Å². The molecule has 11 aromatic carbocycles. The number of para-hydroxylation sites is 5. The third-order valence-corrected chi connectivity index (χ3v) is 14.9. The molecule has 101 heavy (non-hydrogen) atoms. The maximum atomic E-state index is 12.5. The highest BCUT2D eigenvalue weighted by atomic mass is 35.5. The lowest BCUT2D eigenvalue weighted by Gasteiger charge is -2.11. The first-order chi connectivity index (χ1) is 47.8. The van der Waals surface area contributed by atoms with E-state index in [2.05, 4.69) is 0 Å². The van der Waals surface area contributed by atoms with Crippen LogP contribution in [0.25, 0.3) is 0 Å². The number of nitrogen functional groups attached to an aromatic ring is 10. The van der Waals surface area contributed by atoms with Crippen LogP contribution in [0, 0.1) is 20.8 Å². The molecule has 0 aromatic heterocycles. The molecule has 0 bridgehead atoms. The number of hydrogen-bond acceptors (Lipinski definition) is 16. The van der Waals surface area contributed by atoms with E-state index in [1.807, 2.05) is 136 Å². The van der Waals surface area contributed by atoms with Gasteiger partial charge in [-0.1, -0.05) is 154 Å². The van der Waals surface area contributed by atoms with Gasteiger partial charge < -0.3 is 85.8 Å². The minimum Gasteiger partial charge on any atom is -0.495 e. The molecule has 11 rings (SSSR count). The highest BCUT2D eigenvalue weighted by Gasteiger charge is 2.31. The van der Waals surface area contributed by atoms with Crippen molar-refractivity contribution >= 4 is 138 Å². The van der Waals surface area contributed by atoms with Gasteiger partial charge in [0, 0.05) is 66.1 Å². The number of aryl methyl sites for hydroxylation is 2. The zero-order chi connectivity index (χ0) is 75.8. The summed E-state index contributed by atoms with van der Waals surface area (Å²) < 4.78 is 67.4. The van der Waals surface area contributed by atoms with Crippen molar-refractivity contribution in [3.63, 3.8) is 0 Å². The van der Waals surface area contributed by atoms with E-state index in [0.717, 1.165) is 62.3 Å². The second kappa shape index (κ2) is 46.4. The molecule has 0 radical (unpaired) electrons. The Morgan fingerprint density at radius 1 is 0.277 bits per heavy atom. The Morgan fingerprint density at radius 3 is 1.12 bits per heavy atom. The van der Waals surface area contributed by atoms with Crippen LogP contribution in [0.3, 0.4) is 0 Å². The van der Waals surface area contributed by atoms with Gasteiger partial charge in [0.15, 0.2) is 0 Å². The first-order valence-corrected chi connectivity index (χ1v) is 32.2. The van der Waals surface area contributed by atoms with Crippen molar-refractivity contribution in [1.82, 2.24) is 0 Å². The summed E-state index contributed by atoms with van der Waals surface area (Å²) in [7, 11) is 7.80. The Morgan fingerprint density at radius 2 is 0.693 bits per heavy atom. The molecule has 0 saturated heterocycles. The van der Waals surface area contributed by atoms with E-state index in [4.69, 9.17) is 167 Å². The molecule has 0 aliphatic rings. The minimum atomic E-state index is -4.42. The summed E-state index contributed by atoms with van der Waals surface area (Å²) in [6.07, 6.45) is -4.42. The summed E-state index contributed by atoms with van der Waals surface area (Å²) in [5, 5.41) is 4.32. The largest absolute Gasteiger partial charge is 0.495 e. The number of hydrogen-bond donors (Lipinski definition) is 10. The van der Waals surface area contributed by atoms with Crippen molar-refractivity contribution in [1.29, 1.82) is 0 Å². The average molecular weight is 1520 g/mol. The van der Waals surface area contributed by atoms with Crippen molar-refractivity contribution < 1.29 is 41.6 Å². The number of methoxy groups -OCH3 is 5. The molecule has 11 aromatic rings. The highest BCUT2D eigenvalue weighted by Crippen LogP contribution is 2.37. The molecule has 0 saturated carbocycles. The van der Waals surface area contributed by atoms with E-state index in [-0.39, 0.29) is 11.4 Å². The topological polar surface area (TPSA) is 316 Å². The SMILES string of the molecule is COc1cc(Cl)c(OC)cc1N.COc1cc(Cl)ccc1N.COc1ccc(Cl)cc1N.COc1ccccc1N.Cc1c(N)cccc1Cl.Cc1ccc(Cl)cc1N.Cc1ccccc1N.Nc1cc(C(F)(F)F)ccc1Oc1ccc(Cl)cc1.Nc1ccccc1.Nc1ccccc1Cl. The van der Waals surface area contributed by atoms with Gasteiger partial charge in [0.25, 0.3) is 0 Å². The second-order valence-electron chi connectivity index (χ2n) is 20.3. The van der Waals surface area contributed by atoms with Crippen LogP contribution in [0.1, 0.15) is 22.3 Å². The van der Waals surface area contributed by atoms with E-state index in [1.54, 1.807) is 118 Å². The number of ether oxygens (including phenoxy) is 6. The van der Waals surface area contributed by atoms with Gasteiger partial charge in [-0.3, -0.25) is 0 Å². The molecule has 0 aliphatic heterocycles. The zero-order valence-electron chi connectivity index (χ0n) is 56.4. The van der Waals surface area contributed by atoms with Crippen LogP contribution in [0.4, 0.5) is 70.0 Å². The molecule has 0 fully saturated rings. The number of rotatable bonds is 7. The molecule has 0 atom stereocenters. The third-order valence-electron chi connectivity index (χ3n) is 12.9. The number of nitrogens with two attached hydrogens (primary N) is 10. The summed E-state index contributed by atoms with van der Waals surface area (Å²) in [6, 6.07) is 65.7. The molecule has 0 unspecified atom stereocenters. The molecule has 538 valence electrons. The Labute approximate surface area is 623 Å². The standard InChI is InChI=1S/C13H9ClF3NO.C8H10ClNO2.2C7H8ClNO.2C7H8ClN.C7H9NO.C7H9N.C6H6ClN.C6H7N/c14-9-2-4-10(5-3-9)19-12-6-1-8(7-11(12)18)13(15,16)17;1-11-7-4-6(10)8(12-2)3-5(7)9;1-10-7-3-2-5(8)4-6(7)9;1-10-7-4-5(8)2-3-6(7)9;1-5-2-3-6(8)4-7(5)9;1-5-6(8)3-2-4-7(5)9;1-9-7-5-3-2-4-6(7)8;1-6-4-2-3-5-7(6)8;7-5-3-1-2-4-6(5)8;7-6-4-2-1-3-5-6/h1-7H,18H2;3-4H,10H2,1-2H3;2*2-4H,9H2,1H3;2*2-4H,9H2,1H3;2-5H,8H2,1H3;2-5H,8H2,1H3;1-4H,8H2;1-5H,7H2. The fraction of sp³-hybridized carbons (Fsp3) is 0.120. The normalized spacial score (nSPS) is 9.68. The van der Waals surface area contributed by atoms with Crippen molar-refractivity contribution in [3.8, 4) is 40.2 Å². The number of anilines is 10. The van der Waals surface area contributed by atoms with Crippen molar-refractivity contribution in [3.05, 3.63) is 288 Å². The summed E-state index contributed by atoms with van der Waals surface area (Å²) in [5.74, 6) is 3.72. The van der Waals surface area contributed by atoms with Crippen LogP contribution in [0.5, 0.6) is 40.2 Å². The average Bonchev–Trinajstić information content (AvgIpc) is 0.837. The molecule has 20 N–H and O–H groups in total. The second-order valence-corrected chi connectivity index (χ2v) is 23.3. The van der Waals surface area contributed by atoms with Crippen LogP contribution in [-0.2, 0) is 6.18 Å². The Hall–Kier alpha value is -9.96. The smallest absolute Gasteiger partial charge is 0.416 e. The van der Waals surface area contributed by atoms with Crippen LogP contribution >= 0.6 is 81.2 Å². The molecule has 0 amide bonds. The van der Waals surface area contributed by atoms with Gasteiger partial charge in [-0.05, 0) is 177 Å². The molecule has 16 nitrogen and oxygen atoms in total. The van der Waals surface area contributed by atoms with Crippen molar-refractivity contribution in [2.45, 2.75) is 26.9 Å². The molecular weight excluding hydrogens is 1440 g/mol. The van der Waals surface area contributed by atoms with Gasteiger partial charge in [0.1, 0.15) is 40.2 Å². The fourth-order valence-electron chi connectivity index (χ4n) is 7.14. The fourth-order valence-corrected chi connectivity index (χ4v) is 8.34. The summed E-state index contributed by atoms with van der Waals surface area (Å²) >= 11 is 39.8. The number of alkyl halides is 3. The maximum absolute atomic E-state index is 12.5. The molecule has 0 aliphatic carbocycles.